The lowest BCUT2D eigenvalue weighted by Crippen LogP contribution is -2.18. The van der Waals surface area contributed by atoms with Gasteiger partial charge in [-0.2, -0.15) is 0 Å². The number of nitrogen functional groups attached to an aromatic ring is 1. The van der Waals surface area contributed by atoms with E-state index in [1.165, 1.54) is 0 Å². The molecular formula is C14H21N5O. The Morgan fingerprint density at radius 3 is 2.45 bits per heavy atom. The molecule has 0 saturated carbocycles. The van der Waals surface area contributed by atoms with E-state index in [0.717, 1.165) is 11.5 Å². The standard InChI is InChI=1S/C14H21N5O/c1-8-9(2)20-12(17-8)7-16-11-6-10(15)18-13(19-11)14(3,4)5/h6H,7H2,1-5H3,(H3,15,16,18,19). The van der Waals surface area contributed by atoms with Gasteiger partial charge in [0.2, 0.25) is 5.89 Å². The zero-order valence-corrected chi connectivity index (χ0v) is 12.6. The van der Waals surface area contributed by atoms with E-state index < -0.39 is 0 Å². The number of hydrogen-bond acceptors (Lipinski definition) is 6. The van der Waals surface area contributed by atoms with Crippen molar-refractivity contribution in [2.24, 2.45) is 0 Å². The number of rotatable bonds is 3. The maximum Gasteiger partial charge on any atom is 0.213 e. The lowest BCUT2D eigenvalue weighted by Gasteiger charge is -2.17. The minimum atomic E-state index is -0.151. The molecule has 0 saturated heterocycles. The van der Waals surface area contributed by atoms with Crippen LogP contribution in [0.2, 0.25) is 0 Å². The smallest absolute Gasteiger partial charge is 0.213 e. The highest BCUT2D eigenvalue weighted by Gasteiger charge is 2.18. The first kappa shape index (κ1) is 14.3. The van der Waals surface area contributed by atoms with E-state index in [1.807, 2.05) is 34.6 Å². The van der Waals surface area contributed by atoms with Crippen LogP contribution >= 0.6 is 0 Å². The van der Waals surface area contributed by atoms with E-state index in [0.29, 0.717) is 29.9 Å². The van der Waals surface area contributed by atoms with Crippen molar-refractivity contribution >= 4 is 11.6 Å². The molecule has 0 bridgehead atoms. The molecule has 2 rings (SSSR count). The summed E-state index contributed by atoms with van der Waals surface area (Å²) < 4.78 is 5.52. The molecule has 0 spiro atoms. The van der Waals surface area contributed by atoms with E-state index in [4.69, 9.17) is 10.2 Å². The van der Waals surface area contributed by atoms with Crippen molar-refractivity contribution in [3.63, 3.8) is 0 Å². The predicted molar refractivity (Wildman–Crippen MR) is 78.4 cm³/mol. The Morgan fingerprint density at radius 1 is 1.20 bits per heavy atom. The Kier molecular flexibility index (Phi) is 3.65. The van der Waals surface area contributed by atoms with Crippen LogP contribution in [-0.2, 0) is 12.0 Å². The largest absolute Gasteiger partial charge is 0.444 e. The SMILES string of the molecule is Cc1nc(CNc2cc(N)nc(C(C)(C)C)n2)oc1C. The summed E-state index contributed by atoms with van der Waals surface area (Å²) in [5.74, 6) is 3.30. The molecule has 0 aliphatic rings. The monoisotopic (exact) mass is 275 g/mol. The molecule has 0 aliphatic heterocycles. The highest BCUT2D eigenvalue weighted by molar-refractivity contribution is 5.45. The van der Waals surface area contributed by atoms with Crippen molar-refractivity contribution in [3.8, 4) is 0 Å². The summed E-state index contributed by atoms with van der Waals surface area (Å²) in [5.41, 5.74) is 6.57. The molecule has 20 heavy (non-hydrogen) atoms. The first-order valence-electron chi connectivity index (χ1n) is 6.57. The lowest BCUT2D eigenvalue weighted by atomic mass is 9.96. The van der Waals surface area contributed by atoms with Crippen LogP contribution in [0.3, 0.4) is 0 Å². The molecule has 108 valence electrons. The highest BCUT2D eigenvalue weighted by atomic mass is 16.4. The number of aryl methyl sites for hydroxylation is 2. The van der Waals surface area contributed by atoms with Crippen molar-refractivity contribution in [1.82, 2.24) is 15.0 Å². The molecule has 0 radical (unpaired) electrons. The molecule has 6 nitrogen and oxygen atoms in total. The molecule has 0 atom stereocenters. The van der Waals surface area contributed by atoms with Crippen LogP contribution in [0.4, 0.5) is 11.6 Å². The third-order valence-corrected chi connectivity index (χ3v) is 2.91. The molecule has 3 N–H and O–H groups in total. The predicted octanol–water partition coefficient (Wildman–Crippen LogP) is 2.57. The van der Waals surface area contributed by atoms with Gasteiger partial charge in [-0.1, -0.05) is 20.8 Å². The number of nitrogens with zero attached hydrogens (tertiary/aromatic N) is 3. The van der Waals surface area contributed by atoms with Gasteiger partial charge in [0.1, 0.15) is 23.2 Å². The lowest BCUT2D eigenvalue weighted by molar-refractivity contribution is 0.478. The summed E-state index contributed by atoms with van der Waals surface area (Å²) in [6.45, 7) is 10.4. The Labute approximate surface area is 118 Å². The summed E-state index contributed by atoms with van der Waals surface area (Å²) in [5, 5.41) is 3.17. The number of hydrogen-bond donors (Lipinski definition) is 2. The molecule has 2 aromatic heterocycles. The Bertz CT molecular complexity index is 593. The topological polar surface area (TPSA) is 89.9 Å². The number of anilines is 2. The normalized spacial score (nSPS) is 11.7. The summed E-state index contributed by atoms with van der Waals surface area (Å²) >= 11 is 0. The summed E-state index contributed by atoms with van der Waals surface area (Å²) in [6, 6.07) is 1.71. The summed E-state index contributed by atoms with van der Waals surface area (Å²) in [6.07, 6.45) is 0. The van der Waals surface area contributed by atoms with Gasteiger partial charge in [-0.3, -0.25) is 0 Å². The Balaban J connectivity index is 2.15. The third-order valence-electron chi connectivity index (χ3n) is 2.91. The third kappa shape index (κ3) is 3.26. The molecule has 0 aliphatic carbocycles. The van der Waals surface area contributed by atoms with Crippen molar-refractivity contribution < 1.29 is 4.42 Å². The minimum absolute atomic E-state index is 0.151. The van der Waals surface area contributed by atoms with Gasteiger partial charge in [-0.15, -0.1) is 0 Å². The second-order valence-electron chi connectivity index (χ2n) is 5.85. The van der Waals surface area contributed by atoms with Gasteiger partial charge >= 0.3 is 0 Å². The Hall–Kier alpha value is -2.11. The molecule has 0 aromatic carbocycles. The molecule has 2 heterocycles. The van der Waals surface area contributed by atoms with E-state index in [9.17, 15) is 0 Å². The van der Waals surface area contributed by atoms with Crippen LogP contribution in [0.1, 0.15) is 43.9 Å². The quantitative estimate of drug-likeness (QED) is 0.894. The summed E-state index contributed by atoms with van der Waals surface area (Å²) in [7, 11) is 0. The summed E-state index contributed by atoms with van der Waals surface area (Å²) in [4.78, 5) is 13.1. The maximum atomic E-state index is 5.82. The van der Waals surface area contributed by atoms with Gasteiger partial charge in [0.25, 0.3) is 0 Å². The van der Waals surface area contributed by atoms with E-state index >= 15 is 0 Å². The number of nitrogens with two attached hydrogens (primary N) is 1. The van der Waals surface area contributed by atoms with Gasteiger partial charge in [0.05, 0.1) is 12.2 Å². The number of nitrogens with one attached hydrogen (secondary N) is 1. The zero-order chi connectivity index (χ0) is 14.9. The first-order valence-corrected chi connectivity index (χ1v) is 6.57. The first-order chi connectivity index (χ1) is 9.25. The molecule has 0 fully saturated rings. The van der Waals surface area contributed by atoms with Crippen molar-refractivity contribution in [2.75, 3.05) is 11.1 Å². The fourth-order valence-electron chi connectivity index (χ4n) is 1.67. The maximum absolute atomic E-state index is 5.82. The van der Waals surface area contributed by atoms with Crippen LogP contribution in [0.5, 0.6) is 0 Å². The molecular weight excluding hydrogens is 254 g/mol. The van der Waals surface area contributed by atoms with Crippen LogP contribution < -0.4 is 11.1 Å². The molecule has 6 heteroatoms. The molecule has 0 amide bonds. The van der Waals surface area contributed by atoms with Gasteiger partial charge in [-0.25, -0.2) is 15.0 Å². The fraction of sp³-hybridized carbons (Fsp3) is 0.500. The minimum Gasteiger partial charge on any atom is -0.444 e. The van der Waals surface area contributed by atoms with E-state index in [-0.39, 0.29) is 5.41 Å². The number of oxazole rings is 1. The van der Waals surface area contributed by atoms with Crippen LogP contribution in [0.15, 0.2) is 10.5 Å². The number of aromatic nitrogens is 3. The molecule has 0 unspecified atom stereocenters. The van der Waals surface area contributed by atoms with Crippen LogP contribution in [0.25, 0.3) is 0 Å². The van der Waals surface area contributed by atoms with Gasteiger partial charge in [-0.05, 0) is 13.8 Å². The Morgan fingerprint density at radius 2 is 1.90 bits per heavy atom. The van der Waals surface area contributed by atoms with E-state index in [1.54, 1.807) is 6.07 Å². The second-order valence-corrected chi connectivity index (χ2v) is 5.85. The van der Waals surface area contributed by atoms with E-state index in [2.05, 4.69) is 20.3 Å². The zero-order valence-electron chi connectivity index (χ0n) is 12.6. The van der Waals surface area contributed by atoms with Gasteiger partial charge in [0.15, 0.2) is 0 Å². The highest BCUT2D eigenvalue weighted by Crippen LogP contribution is 2.21. The average molecular weight is 275 g/mol. The fourth-order valence-corrected chi connectivity index (χ4v) is 1.67. The second kappa shape index (κ2) is 5.11. The van der Waals surface area contributed by atoms with Gasteiger partial charge in [0, 0.05) is 11.5 Å². The van der Waals surface area contributed by atoms with Crippen LogP contribution in [-0.4, -0.2) is 15.0 Å². The van der Waals surface area contributed by atoms with Crippen molar-refractivity contribution in [2.45, 2.75) is 46.6 Å². The molecule has 2 aromatic rings. The average Bonchev–Trinajstić information content (AvgIpc) is 2.65. The van der Waals surface area contributed by atoms with Crippen LogP contribution in [0, 0.1) is 13.8 Å². The van der Waals surface area contributed by atoms with Crippen molar-refractivity contribution in [3.05, 3.63) is 29.2 Å². The van der Waals surface area contributed by atoms with Crippen molar-refractivity contribution in [1.29, 1.82) is 0 Å². The van der Waals surface area contributed by atoms with Gasteiger partial charge < -0.3 is 15.5 Å².